The summed E-state index contributed by atoms with van der Waals surface area (Å²) in [5.41, 5.74) is 8.46. The van der Waals surface area contributed by atoms with Crippen molar-refractivity contribution in [2.45, 2.75) is 38.8 Å². The first-order valence-corrected chi connectivity index (χ1v) is 6.38. The van der Waals surface area contributed by atoms with Crippen molar-refractivity contribution in [1.82, 2.24) is 9.55 Å². The number of nitrogens with two attached hydrogens (primary N) is 1. The highest BCUT2D eigenvalue weighted by molar-refractivity contribution is 5.28. The molecule has 1 heterocycles. The summed E-state index contributed by atoms with van der Waals surface area (Å²) >= 11 is 0. The van der Waals surface area contributed by atoms with Crippen molar-refractivity contribution in [3.63, 3.8) is 0 Å². The normalized spacial score (nSPS) is 13.6. The van der Waals surface area contributed by atoms with Crippen molar-refractivity contribution < 1.29 is 0 Å². The van der Waals surface area contributed by atoms with Crippen molar-refractivity contribution in [2.24, 2.45) is 5.73 Å². The van der Waals surface area contributed by atoms with Crippen molar-refractivity contribution >= 4 is 0 Å². The molecule has 0 radical (unpaired) electrons. The lowest BCUT2D eigenvalue weighted by atomic mass is 9.77. The molecule has 0 spiro atoms. The van der Waals surface area contributed by atoms with Crippen molar-refractivity contribution in [2.75, 3.05) is 0 Å². The average molecular weight is 243 g/mol. The highest BCUT2D eigenvalue weighted by Gasteiger charge is 2.30. The summed E-state index contributed by atoms with van der Waals surface area (Å²) in [6.07, 6.45) is 3.88. The Hall–Kier alpha value is -1.61. The van der Waals surface area contributed by atoms with Gasteiger partial charge in [-0.1, -0.05) is 44.2 Å². The molecule has 0 fully saturated rings. The van der Waals surface area contributed by atoms with Crippen LogP contribution in [0.3, 0.4) is 0 Å². The van der Waals surface area contributed by atoms with E-state index in [0.29, 0.717) is 0 Å². The van der Waals surface area contributed by atoms with Crippen LogP contribution in [0.5, 0.6) is 0 Å². The van der Waals surface area contributed by atoms with E-state index in [0.717, 1.165) is 12.2 Å². The Morgan fingerprint density at radius 1 is 1.28 bits per heavy atom. The standard InChI is InChI=1S/C15H21N3/c1-4-18-10-13(17-11-18)14(16)15(2,3)12-8-6-5-7-9-12/h5-11,14H,4,16H2,1-3H3. The van der Waals surface area contributed by atoms with Crippen LogP contribution in [0.25, 0.3) is 0 Å². The minimum atomic E-state index is -0.131. The largest absolute Gasteiger partial charge is 0.337 e. The first-order chi connectivity index (χ1) is 8.55. The van der Waals surface area contributed by atoms with E-state index in [2.05, 4.69) is 54.6 Å². The molecule has 2 N–H and O–H groups in total. The second kappa shape index (κ2) is 4.94. The molecule has 0 aliphatic rings. The van der Waals surface area contributed by atoms with Gasteiger partial charge in [-0.25, -0.2) is 4.98 Å². The zero-order chi connectivity index (χ0) is 13.2. The lowest BCUT2D eigenvalue weighted by Crippen LogP contribution is -2.33. The van der Waals surface area contributed by atoms with Gasteiger partial charge < -0.3 is 10.3 Å². The third kappa shape index (κ3) is 2.31. The zero-order valence-electron chi connectivity index (χ0n) is 11.3. The Bertz CT molecular complexity index is 499. The van der Waals surface area contributed by atoms with E-state index < -0.39 is 0 Å². The first-order valence-electron chi connectivity index (χ1n) is 6.38. The molecule has 0 aliphatic carbocycles. The molecule has 3 heteroatoms. The summed E-state index contributed by atoms with van der Waals surface area (Å²) in [4.78, 5) is 4.42. The summed E-state index contributed by atoms with van der Waals surface area (Å²) in [5, 5.41) is 0. The number of benzene rings is 1. The lowest BCUT2D eigenvalue weighted by molar-refractivity contribution is 0.414. The van der Waals surface area contributed by atoms with Gasteiger partial charge in [0.15, 0.2) is 0 Å². The van der Waals surface area contributed by atoms with Gasteiger partial charge in [-0.05, 0) is 12.5 Å². The molecule has 18 heavy (non-hydrogen) atoms. The van der Waals surface area contributed by atoms with Crippen LogP contribution in [0, 0.1) is 0 Å². The Morgan fingerprint density at radius 2 is 1.94 bits per heavy atom. The van der Waals surface area contributed by atoms with Gasteiger partial charge >= 0.3 is 0 Å². The molecule has 0 amide bonds. The smallest absolute Gasteiger partial charge is 0.0950 e. The summed E-state index contributed by atoms with van der Waals surface area (Å²) in [7, 11) is 0. The number of imidazole rings is 1. The Morgan fingerprint density at radius 3 is 2.50 bits per heavy atom. The third-order valence-electron chi connectivity index (χ3n) is 3.63. The number of aryl methyl sites for hydroxylation is 1. The predicted octanol–water partition coefficient (Wildman–Crippen LogP) is 2.88. The molecule has 1 aromatic heterocycles. The van der Waals surface area contributed by atoms with Gasteiger partial charge in [-0.2, -0.15) is 0 Å². The SMILES string of the molecule is CCn1cnc(C(N)C(C)(C)c2ccccc2)c1. The van der Waals surface area contributed by atoms with E-state index in [1.807, 2.05) is 18.6 Å². The monoisotopic (exact) mass is 243 g/mol. The van der Waals surface area contributed by atoms with Crippen LogP contribution in [0.2, 0.25) is 0 Å². The molecule has 0 saturated carbocycles. The second-order valence-corrected chi connectivity index (χ2v) is 5.19. The molecular formula is C15H21N3. The van der Waals surface area contributed by atoms with Crippen LogP contribution in [0.1, 0.15) is 38.1 Å². The van der Waals surface area contributed by atoms with Gasteiger partial charge in [0.1, 0.15) is 0 Å². The Balaban J connectivity index is 2.29. The maximum atomic E-state index is 6.40. The van der Waals surface area contributed by atoms with Gasteiger partial charge in [-0.15, -0.1) is 0 Å². The molecule has 0 aliphatic heterocycles. The molecule has 2 aromatic rings. The van der Waals surface area contributed by atoms with E-state index in [4.69, 9.17) is 5.73 Å². The van der Waals surface area contributed by atoms with Crippen LogP contribution < -0.4 is 5.73 Å². The molecule has 2 rings (SSSR count). The minimum Gasteiger partial charge on any atom is -0.337 e. The van der Waals surface area contributed by atoms with Gasteiger partial charge in [0.25, 0.3) is 0 Å². The molecule has 96 valence electrons. The van der Waals surface area contributed by atoms with E-state index in [1.165, 1.54) is 5.56 Å². The van der Waals surface area contributed by atoms with Crippen LogP contribution in [0.15, 0.2) is 42.9 Å². The highest BCUT2D eigenvalue weighted by atomic mass is 15.0. The fourth-order valence-corrected chi connectivity index (χ4v) is 2.13. The van der Waals surface area contributed by atoms with Gasteiger partial charge in [0.2, 0.25) is 0 Å². The second-order valence-electron chi connectivity index (χ2n) is 5.19. The summed E-state index contributed by atoms with van der Waals surface area (Å²) in [6.45, 7) is 7.35. The molecule has 0 bridgehead atoms. The number of hydrogen-bond acceptors (Lipinski definition) is 2. The minimum absolute atomic E-state index is 0.104. The zero-order valence-corrected chi connectivity index (χ0v) is 11.3. The van der Waals surface area contributed by atoms with E-state index in [9.17, 15) is 0 Å². The molecule has 1 unspecified atom stereocenters. The van der Waals surface area contributed by atoms with E-state index in [-0.39, 0.29) is 11.5 Å². The van der Waals surface area contributed by atoms with Crippen molar-refractivity contribution in [1.29, 1.82) is 0 Å². The first kappa shape index (κ1) is 12.8. The summed E-state index contributed by atoms with van der Waals surface area (Å²) in [5.74, 6) is 0. The lowest BCUT2D eigenvalue weighted by Gasteiger charge is -2.31. The highest BCUT2D eigenvalue weighted by Crippen LogP contribution is 2.34. The summed E-state index contributed by atoms with van der Waals surface area (Å²) in [6, 6.07) is 10.3. The van der Waals surface area contributed by atoms with Gasteiger partial charge in [-0.3, -0.25) is 0 Å². The fourth-order valence-electron chi connectivity index (χ4n) is 2.13. The topological polar surface area (TPSA) is 43.8 Å². The van der Waals surface area contributed by atoms with Crippen LogP contribution >= 0.6 is 0 Å². The quantitative estimate of drug-likeness (QED) is 0.897. The molecule has 0 saturated heterocycles. The molecule has 3 nitrogen and oxygen atoms in total. The van der Waals surface area contributed by atoms with Crippen molar-refractivity contribution in [3.05, 3.63) is 54.1 Å². The van der Waals surface area contributed by atoms with E-state index in [1.54, 1.807) is 0 Å². The van der Waals surface area contributed by atoms with Crippen LogP contribution in [-0.4, -0.2) is 9.55 Å². The average Bonchev–Trinajstić information content (AvgIpc) is 2.87. The summed E-state index contributed by atoms with van der Waals surface area (Å²) < 4.78 is 2.05. The third-order valence-corrected chi connectivity index (χ3v) is 3.63. The Kier molecular flexibility index (Phi) is 3.53. The molecule has 1 atom stereocenters. The van der Waals surface area contributed by atoms with Crippen molar-refractivity contribution in [3.8, 4) is 0 Å². The fraction of sp³-hybridized carbons (Fsp3) is 0.400. The van der Waals surface area contributed by atoms with E-state index >= 15 is 0 Å². The van der Waals surface area contributed by atoms with Crippen LogP contribution in [-0.2, 0) is 12.0 Å². The number of hydrogen-bond donors (Lipinski definition) is 1. The number of aromatic nitrogens is 2. The molecule has 1 aromatic carbocycles. The predicted molar refractivity (Wildman–Crippen MR) is 74.3 cm³/mol. The van der Waals surface area contributed by atoms with Crippen LogP contribution in [0.4, 0.5) is 0 Å². The maximum Gasteiger partial charge on any atom is 0.0950 e. The Labute approximate surface area is 109 Å². The van der Waals surface area contributed by atoms with Gasteiger partial charge in [0.05, 0.1) is 18.1 Å². The number of rotatable bonds is 4. The molecular weight excluding hydrogens is 222 g/mol. The van der Waals surface area contributed by atoms with Gasteiger partial charge in [0, 0.05) is 18.2 Å². The number of nitrogens with zero attached hydrogens (tertiary/aromatic N) is 2. The maximum absolute atomic E-state index is 6.40.